The Kier molecular flexibility index (Phi) is 3.69. The highest BCUT2D eigenvalue weighted by Crippen LogP contribution is 2.11. The van der Waals surface area contributed by atoms with Crippen LogP contribution in [0.3, 0.4) is 0 Å². The van der Waals surface area contributed by atoms with E-state index in [1.807, 2.05) is 0 Å². The first-order valence-corrected chi connectivity index (χ1v) is 5.81. The molecule has 0 aliphatic heterocycles. The number of rotatable bonds is 4. The number of hydrogen-bond donors (Lipinski definition) is 2. The fourth-order valence-corrected chi connectivity index (χ4v) is 1.76. The van der Waals surface area contributed by atoms with E-state index < -0.39 is 11.9 Å². The zero-order chi connectivity index (χ0) is 14.7. The Morgan fingerprint density at radius 1 is 1.30 bits per heavy atom. The van der Waals surface area contributed by atoms with Crippen LogP contribution in [0.4, 0.5) is 5.69 Å². The van der Waals surface area contributed by atoms with Gasteiger partial charge in [0.2, 0.25) is 0 Å². The van der Waals surface area contributed by atoms with Gasteiger partial charge in [0, 0.05) is 6.20 Å². The van der Waals surface area contributed by atoms with Gasteiger partial charge in [-0.15, -0.1) is 0 Å². The quantitative estimate of drug-likeness (QED) is 0.783. The van der Waals surface area contributed by atoms with Crippen LogP contribution in [0.2, 0.25) is 0 Å². The van der Waals surface area contributed by atoms with Gasteiger partial charge in [-0.25, -0.2) is 4.79 Å². The number of ether oxygens (including phenoxy) is 1. The Bertz CT molecular complexity index is 646. The first kappa shape index (κ1) is 13.6. The van der Waals surface area contributed by atoms with Crippen molar-refractivity contribution in [1.82, 2.24) is 9.78 Å². The number of nitrogens with two attached hydrogens (primary N) is 2. The number of hydrogen-bond acceptors (Lipinski definition) is 5. The summed E-state index contributed by atoms with van der Waals surface area (Å²) in [6.07, 6.45) is 1.54. The van der Waals surface area contributed by atoms with Crippen LogP contribution in [0, 0.1) is 0 Å². The molecule has 0 bridgehead atoms. The molecule has 0 unspecified atom stereocenters. The van der Waals surface area contributed by atoms with E-state index >= 15 is 0 Å². The number of methoxy groups -OCH3 is 1. The summed E-state index contributed by atoms with van der Waals surface area (Å²) in [7, 11) is 1.33. The van der Waals surface area contributed by atoms with Crippen LogP contribution in [0.5, 0.6) is 0 Å². The van der Waals surface area contributed by atoms with Crippen LogP contribution in [0.25, 0.3) is 0 Å². The van der Waals surface area contributed by atoms with Crippen LogP contribution < -0.4 is 11.5 Å². The third-order valence-corrected chi connectivity index (χ3v) is 2.74. The van der Waals surface area contributed by atoms with Gasteiger partial charge in [-0.1, -0.05) is 12.1 Å². The third kappa shape index (κ3) is 2.77. The summed E-state index contributed by atoms with van der Waals surface area (Å²) < 4.78 is 6.13. The fourth-order valence-electron chi connectivity index (χ4n) is 1.76. The average Bonchev–Trinajstić information content (AvgIpc) is 2.79. The molecule has 1 aromatic heterocycles. The minimum absolute atomic E-state index is 0.0520. The number of benzene rings is 1. The third-order valence-electron chi connectivity index (χ3n) is 2.74. The van der Waals surface area contributed by atoms with E-state index in [2.05, 4.69) is 9.84 Å². The Morgan fingerprint density at radius 2 is 1.95 bits per heavy atom. The van der Waals surface area contributed by atoms with Crippen molar-refractivity contribution >= 4 is 17.6 Å². The molecule has 0 spiro atoms. The maximum absolute atomic E-state index is 11.3. The lowest BCUT2D eigenvalue weighted by Crippen LogP contribution is -2.14. The van der Waals surface area contributed by atoms with E-state index in [0.29, 0.717) is 12.1 Å². The largest absolute Gasteiger partial charge is 0.465 e. The first-order valence-electron chi connectivity index (χ1n) is 5.81. The minimum atomic E-state index is -0.665. The maximum Gasteiger partial charge on any atom is 0.337 e. The topological polar surface area (TPSA) is 113 Å². The average molecular weight is 274 g/mol. The smallest absolute Gasteiger partial charge is 0.337 e. The number of primary amides is 1. The van der Waals surface area contributed by atoms with Crippen LogP contribution >= 0.6 is 0 Å². The standard InChI is InChI=1S/C13H14N4O3/c1-20-13(19)9-4-2-8(3-5-9)6-17-7-10(14)11(16-17)12(15)18/h2-5,7H,6,14H2,1H3,(H2,15,18). The second-order valence-corrected chi connectivity index (χ2v) is 4.18. The molecule has 20 heavy (non-hydrogen) atoms. The summed E-state index contributed by atoms with van der Waals surface area (Å²) in [6, 6.07) is 6.86. The second-order valence-electron chi connectivity index (χ2n) is 4.18. The van der Waals surface area contributed by atoms with Gasteiger partial charge in [-0.3, -0.25) is 9.48 Å². The lowest BCUT2D eigenvalue weighted by molar-refractivity contribution is 0.0600. The zero-order valence-corrected chi connectivity index (χ0v) is 10.9. The van der Waals surface area contributed by atoms with Crippen LogP contribution in [-0.2, 0) is 11.3 Å². The Labute approximate surface area is 115 Å². The number of nitrogen functional groups attached to an aromatic ring is 1. The highest BCUT2D eigenvalue weighted by molar-refractivity contribution is 5.95. The van der Waals surface area contributed by atoms with E-state index in [-0.39, 0.29) is 11.4 Å². The van der Waals surface area contributed by atoms with Crippen molar-refractivity contribution in [3.8, 4) is 0 Å². The van der Waals surface area contributed by atoms with Gasteiger partial charge in [0.25, 0.3) is 5.91 Å². The Hall–Kier alpha value is -2.83. The predicted molar refractivity (Wildman–Crippen MR) is 72.0 cm³/mol. The summed E-state index contributed by atoms with van der Waals surface area (Å²) >= 11 is 0. The van der Waals surface area contributed by atoms with Crippen molar-refractivity contribution < 1.29 is 14.3 Å². The summed E-state index contributed by atoms with van der Waals surface area (Å²) in [5, 5.41) is 4.00. The minimum Gasteiger partial charge on any atom is -0.465 e. The van der Waals surface area contributed by atoms with E-state index in [9.17, 15) is 9.59 Å². The van der Waals surface area contributed by atoms with Crippen LogP contribution in [0.1, 0.15) is 26.4 Å². The second kappa shape index (κ2) is 5.43. The highest BCUT2D eigenvalue weighted by atomic mass is 16.5. The molecule has 0 aliphatic carbocycles. The molecule has 2 rings (SSSR count). The van der Waals surface area contributed by atoms with Gasteiger partial charge in [0.1, 0.15) is 0 Å². The Morgan fingerprint density at radius 3 is 2.45 bits per heavy atom. The molecule has 0 radical (unpaired) electrons. The predicted octanol–water partition coefficient (Wildman–Crippen LogP) is 0.399. The lowest BCUT2D eigenvalue weighted by Gasteiger charge is -2.03. The van der Waals surface area contributed by atoms with Crippen LogP contribution in [-0.4, -0.2) is 28.8 Å². The number of aromatic nitrogens is 2. The molecule has 7 heteroatoms. The summed E-state index contributed by atoms with van der Waals surface area (Å²) in [5.74, 6) is -1.06. The van der Waals surface area contributed by atoms with Crippen molar-refractivity contribution in [1.29, 1.82) is 0 Å². The molecule has 0 saturated heterocycles. The molecule has 4 N–H and O–H groups in total. The number of anilines is 1. The van der Waals surface area contributed by atoms with E-state index in [1.165, 1.54) is 18.0 Å². The number of carbonyl (C=O) groups excluding carboxylic acids is 2. The maximum atomic E-state index is 11.3. The van der Waals surface area contributed by atoms with Gasteiger partial charge in [0.05, 0.1) is 24.9 Å². The molecule has 2 aromatic rings. The normalized spacial score (nSPS) is 10.2. The molecule has 0 fully saturated rings. The van der Waals surface area contributed by atoms with E-state index in [1.54, 1.807) is 24.3 Å². The molecule has 0 atom stereocenters. The van der Waals surface area contributed by atoms with Gasteiger partial charge in [-0.05, 0) is 17.7 Å². The Balaban J connectivity index is 2.16. The zero-order valence-electron chi connectivity index (χ0n) is 10.9. The van der Waals surface area contributed by atoms with Crippen molar-refractivity contribution in [2.75, 3.05) is 12.8 Å². The van der Waals surface area contributed by atoms with Crippen molar-refractivity contribution in [3.05, 3.63) is 47.3 Å². The summed E-state index contributed by atoms with van der Waals surface area (Å²) in [6.45, 7) is 0.416. The molecule has 0 saturated carbocycles. The molecule has 0 aliphatic rings. The summed E-state index contributed by atoms with van der Waals surface area (Å²) in [5.41, 5.74) is 12.4. The molecule has 104 valence electrons. The van der Waals surface area contributed by atoms with E-state index in [4.69, 9.17) is 11.5 Å². The van der Waals surface area contributed by atoms with Crippen molar-refractivity contribution in [2.24, 2.45) is 5.73 Å². The molecule has 7 nitrogen and oxygen atoms in total. The van der Waals surface area contributed by atoms with Gasteiger partial charge in [0.15, 0.2) is 5.69 Å². The van der Waals surface area contributed by atoms with Crippen molar-refractivity contribution in [3.63, 3.8) is 0 Å². The lowest BCUT2D eigenvalue weighted by atomic mass is 10.1. The monoisotopic (exact) mass is 274 g/mol. The molecular weight excluding hydrogens is 260 g/mol. The number of esters is 1. The van der Waals surface area contributed by atoms with Gasteiger partial charge in [-0.2, -0.15) is 5.10 Å². The van der Waals surface area contributed by atoms with Crippen LogP contribution in [0.15, 0.2) is 30.5 Å². The SMILES string of the molecule is COC(=O)c1ccc(Cn2cc(N)c(C(N)=O)n2)cc1. The molecule has 1 amide bonds. The molecule has 1 aromatic carbocycles. The van der Waals surface area contributed by atoms with Gasteiger partial charge < -0.3 is 16.2 Å². The number of amides is 1. The van der Waals surface area contributed by atoms with Gasteiger partial charge >= 0.3 is 5.97 Å². The highest BCUT2D eigenvalue weighted by Gasteiger charge is 2.11. The first-order chi connectivity index (χ1) is 9.51. The number of nitrogens with zero attached hydrogens (tertiary/aromatic N) is 2. The number of carbonyl (C=O) groups is 2. The summed E-state index contributed by atoms with van der Waals surface area (Å²) in [4.78, 5) is 22.4. The van der Waals surface area contributed by atoms with Crippen molar-refractivity contribution in [2.45, 2.75) is 6.54 Å². The fraction of sp³-hybridized carbons (Fsp3) is 0.154. The van der Waals surface area contributed by atoms with E-state index in [0.717, 1.165) is 5.56 Å². The molecular formula is C13H14N4O3. The molecule has 1 heterocycles.